The first-order valence-electron chi connectivity index (χ1n) is 6.38. The lowest BCUT2D eigenvalue weighted by Crippen LogP contribution is -1.99. The molecule has 0 fully saturated rings. The van der Waals surface area contributed by atoms with Crippen molar-refractivity contribution in [1.82, 2.24) is 14.8 Å². The molecule has 0 radical (unpaired) electrons. The van der Waals surface area contributed by atoms with Gasteiger partial charge in [0.25, 0.3) is 0 Å². The summed E-state index contributed by atoms with van der Waals surface area (Å²) in [5, 5.41) is 5.48. The maximum absolute atomic E-state index is 5.89. The SMILES string of the molecule is COc1ccc(Cn2cc3c(N)ncc(C)c3n2)cc1. The number of anilines is 1. The van der Waals surface area contributed by atoms with Gasteiger partial charge in [0.1, 0.15) is 17.1 Å². The number of nitrogens with zero attached hydrogens (tertiary/aromatic N) is 3. The minimum absolute atomic E-state index is 0.520. The van der Waals surface area contributed by atoms with Crippen molar-refractivity contribution in [3.8, 4) is 5.75 Å². The molecule has 0 atom stereocenters. The maximum Gasteiger partial charge on any atom is 0.134 e. The largest absolute Gasteiger partial charge is 0.497 e. The molecule has 0 saturated heterocycles. The lowest BCUT2D eigenvalue weighted by atomic mass is 10.2. The van der Waals surface area contributed by atoms with Crippen molar-refractivity contribution in [2.24, 2.45) is 0 Å². The molecule has 0 saturated carbocycles. The summed E-state index contributed by atoms with van der Waals surface area (Å²) in [7, 11) is 1.66. The minimum Gasteiger partial charge on any atom is -0.497 e. The van der Waals surface area contributed by atoms with Crippen LogP contribution >= 0.6 is 0 Å². The van der Waals surface area contributed by atoms with Crippen LogP contribution in [0.3, 0.4) is 0 Å². The molecule has 20 heavy (non-hydrogen) atoms. The molecule has 0 amide bonds. The van der Waals surface area contributed by atoms with E-state index >= 15 is 0 Å². The fourth-order valence-electron chi connectivity index (χ4n) is 2.20. The molecule has 3 rings (SSSR count). The molecule has 3 aromatic rings. The van der Waals surface area contributed by atoms with Gasteiger partial charge in [-0.05, 0) is 30.2 Å². The zero-order valence-electron chi connectivity index (χ0n) is 11.5. The van der Waals surface area contributed by atoms with Gasteiger partial charge in [0.2, 0.25) is 0 Å². The topological polar surface area (TPSA) is 66.0 Å². The van der Waals surface area contributed by atoms with Gasteiger partial charge in [0.15, 0.2) is 0 Å². The van der Waals surface area contributed by atoms with Crippen molar-refractivity contribution in [3.63, 3.8) is 0 Å². The molecule has 2 aromatic heterocycles. The molecule has 1 aromatic carbocycles. The highest BCUT2D eigenvalue weighted by Crippen LogP contribution is 2.21. The average molecular weight is 268 g/mol. The van der Waals surface area contributed by atoms with Crippen LogP contribution in [0.2, 0.25) is 0 Å². The maximum atomic E-state index is 5.89. The zero-order valence-corrected chi connectivity index (χ0v) is 11.5. The fourth-order valence-corrected chi connectivity index (χ4v) is 2.20. The third-order valence-electron chi connectivity index (χ3n) is 3.31. The summed E-state index contributed by atoms with van der Waals surface area (Å²) < 4.78 is 7.04. The summed E-state index contributed by atoms with van der Waals surface area (Å²) in [6.45, 7) is 2.68. The van der Waals surface area contributed by atoms with E-state index in [-0.39, 0.29) is 0 Å². The van der Waals surface area contributed by atoms with Crippen molar-refractivity contribution >= 4 is 16.7 Å². The molecule has 0 bridgehead atoms. The van der Waals surface area contributed by atoms with Gasteiger partial charge in [-0.1, -0.05) is 12.1 Å². The molecule has 0 unspecified atom stereocenters. The number of aryl methyl sites for hydroxylation is 1. The van der Waals surface area contributed by atoms with Crippen LogP contribution in [0.4, 0.5) is 5.82 Å². The summed E-state index contributed by atoms with van der Waals surface area (Å²) in [4.78, 5) is 4.16. The Balaban J connectivity index is 1.94. The van der Waals surface area contributed by atoms with E-state index < -0.39 is 0 Å². The van der Waals surface area contributed by atoms with Crippen molar-refractivity contribution < 1.29 is 4.74 Å². The predicted octanol–water partition coefficient (Wildman–Crippen LogP) is 2.38. The highest BCUT2D eigenvalue weighted by molar-refractivity contribution is 5.89. The average Bonchev–Trinajstić information content (AvgIpc) is 2.89. The first kappa shape index (κ1) is 12.5. The van der Waals surface area contributed by atoms with Crippen LogP contribution in [-0.2, 0) is 6.54 Å². The Morgan fingerprint density at radius 1 is 1.25 bits per heavy atom. The van der Waals surface area contributed by atoms with Gasteiger partial charge in [-0.25, -0.2) is 4.98 Å². The summed E-state index contributed by atoms with van der Waals surface area (Å²) >= 11 is 0. The smallest absolute Gasteiger partial charge is 0.134 e. The standard InChI is InChI=1S/C15H16N4O/c1-10-7-17-15(16)13-9-19(18-14(10)13)8-11-3-5-12(20-2)6-4-11/h3-7,9H,8H2,1-2H3,(H2,16,17). The normalized spacial score (nSPS) is 10.9. The highest BCUT2D eigenvalue weighted by Gasteiger charge is 2.08. The van der Waals surface area contributed by atoms with E-state index in [4.69, 9.17) is 10.5 Å². The van der Waals surface area contributed by atoms with E-state index in [9.17, 15) is 0 Å². The third-order valence-corrected chi connectivity index (χ3v) is 3.31. The van der Waals surface area contributed by atoms with Crippen LogP contribution in [0.1, 0.15) is 11.1 Å². The van der Waals surface area contributed by atoms with Crippen molar-refractivity contribution in [1.29, 1.82) is 0 Å². The molecule has 0 spiro atoms. The quantitative estimate of drug-likeness (QED) is 0.792. The number of nitrogen functional groups attached to an aromatic ring is 1. The van der Waals surface area contributed by atoms with Crippen molar-refractivity contribution in [2.45, 2.75) is 13.5 Å². The first-order chi connectivity index (χ1) is 9.67. The molecule has 0 aliphatic heterocycles. The second-order valence-electron chi connectivity index (χ2n) is 4.76. The second kappa shape index (κ2) is 4.85. The zero-order chi connectivity index (χ0) is 14.1. The number of pyridine rings is 1. The Kier molecular flexibility index (Phi) is 3.02. The molecule has 0 aliphatic rings. The Morgan fingerprint density at radius 2 is 2.00 bits per heavy atom. The molecule has 2 heterocycles. The van der Waals surface area contributed by atoms with Crippen molar-refractivity contribution in [2.75, 3.05) is 12.8 Å². The number of rotatable bonds is 3. The van der Waals surface area contributed by atoms with Gasteiger partial charge in [-0.15, -0.1) is 0 Å². The number of ether oxygens (including phenoxy) is 1. The second-order valence-corrected chi connectivity index (χ2v) is 4.76. The monoisotopic (exact) mass is 268 g/mol. The first-order valence-corrected chi connectivity index (χ1v) is 6.38. The number of nitrogens with two attached hydrogens (primary N) is 1. The molecule has 102 valence electrons. The number of hydrogen-bond acceptors (Lipinski definition) is 4. The lowest BCUT2D eigenvalue weighted by molar-refractivity contribution is 0.414. The van der Waals surface area contributed by atoms with Gasteiger partial charge in [0, 0.05) is 12.4 Å². The summed E-state index contributed by atoms with van der Waals surface area (Å²) in [6.07, 6.45) is 3.69. The van der Waals surface area contributed by atoms with E-state index in [0.717, 1.165) is 27.8 Å². The van der Waals surface area contributed by atoms with Gasteiger partial charge in [-0.2, -0.15) is 5.10 Å². The Bertz CT molecular complexity index is 707. The van der Waals surface area contributed by atoms with Crippen LogP contribution in [0.5, 0.6) is 5.75 Å². The molecule has 0 aliphatic carbocycles. The fraction of sp³-hybridized carbons (Fsp3) is 0.200. The lowest BCUT2D eigenvalue weighted by Gasteiger charge is -2.03. The number of methoxy groups -OCH3 is 1. The molecule has 5 nitrogen and oxygen atoms in total. The van der Waals surface area contributed by atoms with E-state index in [0.29, 0.717) is 12.4 Å². The summed E-state index contributed by atoms with van der Waals surface area (Å²) in [5.74, 6) is 1.37. The predicted molar refractivity (Wildman–Crippen MR) is 78.8 cm³/mol. The van der Waals surface area contributed by atoms with Gasteiger partial charge < -0.3 is 10.5 Å². The van der Waals surface area contributed by atoms with Gasteiger partial charge in [-0.3, -0.25) is 4.68 Å². The highest BCUT2D eigenvalue weighted by atomic mass is 16.5. The number of fused-ring (bicyclic) bond motifs is 1. The van der Waals surface area contributed by atoms with Gasteiger partial charge in [0.05, 0.1) is 19.0 Å². The van der Waals surface area contributed by atoms with Crippen LogP contribution in [0.15, 0.2) is 36.7 Å². The Hall–Kier alpha value is -2.56. The molecular formula is C15H16N4O. The molecule has 2 N–H and O–H groups in total. The minimum atomic E-state index is 0.520. The Labute approximate surface area is 117 Å². The summed E-state index contributed by atoms with van der Waals surface area (Å²) in [5.41, 5.74) is 8.98. The number of aromatic nitrogens is 3. The van der Waals surface area contributed by atoms with Crippen LogP contribution in [0, 0.1) is 6.92 Å². The van der Waals surface area contributed by atoms with Crippen LogP contribution in [-0.4, -0.2) is 21.9 Å². The van der Waals surface area contributed by atoms with E-state index in [1.165, 1.54) is 0 Å². The van der Waals surface area contributed by atoms with Gasteiger partial charge >= 0.3 is 0 Å². The summed E-state index contributed by atoms with van der Waals surface area (Å²) in [6, 6.07) is 7.94. The Morgan fingerprint density at radius 3 is 2.65 bits per heavy atom. The van der Waals surface area contributed by atoms with E-state index in [1.54, 1.807) is 13.3 Å². The van der Waals surface area contributed by atoms with Crippen LogP contribution in [0.25, 0.3) is 10.9 Å². The molecule has 5 heteroatoms. The van der Waals surface area contributed by atoms with Crippen LogP contribution < -0.4 is 10.5 Å². The molecular weight excluding hydrogens is 252 g/mol. The number of hydrogen-bond donors (Lipinski definition) is 1. The van der Waals surface area contributed by atoms with E-state index in [1.807, 2.05) is 42.1 Å². The van der Waals surface area contributed by atoms with E-state index in [2.05, 4.69) is 10.1 Å². The number of benzene rings is 1. The van der Waals surface area contributed by atoms with Crippen molar-refractivity contribution in [3.05, 3.63) is 47.8 Å². The third kappa shape index (κ3) is 2.18.